The van der Waals surface area contributed by atoms with Gasteiger partial charge >= 0.3 is 0 Å². The van der Waals surface area contributed by atoms with Crippen molar-refractivity contribution in [1.82, 2.24) is 5.32 Å². The summed E-state index contributed by atoms with van der Waals surface area (Å²) in [5.74, 6) is 2.74. The molecule has 1 heterocycles. The number of hydrogen-bond donors (Lipinski definition) is 1. The molecular formula is C27H25NO3. The van der Waals surface area contributed by atoms with Gasteiger partial charge in [-0.1, -0.05) is 54.6 Å². The predicted octanol–water partition coefficient (Wildman–Crippen LogP) is 4.41. The van der Waals surface area contributed by atoms with Gasteiger partial charge in [-0.15, -0.1) is 0 Å². The Balaban J connectivity index is 1.18. The number of carbonyl (C=O) groups is 1. The molecule has 156 valence electrons. The molecule has 3 aromatic carbocycles. The van der Waals surface area contributed by atoms with E-state index in [4.69, 9.17) is 9.47 Å². The minimum absolute atomic E-state index is 0.0553. The molecule has 4 nitrogen and oxygen atoms in total. The lowest BCUT2D eigenvalue weighted by Gasteiger charge is -2.45. The van der Waals surface area contributed by atoms with Crippen LogP contribution >= 0.6 is 0 Å². The summed E-state index contributed by atoms with van der Waals surface area (Å²) in [6.45, 7) is 1.83. The molecule has 1 aliphatic heterocycles. The molecule has 1 N–H and O–H groups in total. The highest BCUT2D eigenvalue weighted by atomic mass is 16.6. The van der Waals surface area contributed by atoms with Crippen LogP contribution in [0.15, 0.2) is 66.7 Å². The fraction of sp³-hybridized carbons (Fsp3) is 0.296. The first-order chi connectivity index (χ1) is 15.3. The van der Waals surface area contributed by atoms with Crippen LogP contribution in [0.1, 0.15) is 46.1 Å². The van der Waals surface area contributed by atoms with Crippen LogP contribution in [0.5, 0.6) is 11.5 Å². The fourth-order valence-electron chi connectivity index (χ4n) is 5.65. The van der Waals surface area contributed by atoms with Crippen LogP contribution in [0, 0.1) is 5.92 Å². The minimum Gasteiger partial charge on any atom is -0.486 e. The third-order valence-corrected chi connectivity index (χ3v) is 6.96. The van der Waals surface area contributed by atoms with Crippen molar-refractivity contribution in [2.75, 3.05) is 19.8 Å². The van der Waals surface area contributed by atoms with Gasteiger partial charge in [0.15, 0.2) is 11.5 Å². The molecule has 0 radical (unpaired) electrons. The van der Waals surface area contributed by atoms with Gasteiger partial charge in [-0.3, -0.25) is 4.79 Å². The Morgan fingerprint density at radius 3 is 2.19 bits per heavy atom. The Morgan fingerprint density at radius 1 is 0.839 bits per heavy atom. The normalized spacial score (nSPS) is 22.4. The van der Waals surface area contributed by atoms with E-state index in [1.54, 1.807) is 0 Å². The maximum atomic E-state index is 12.7. The van der Waals surface area contributed by atoms with Crippen LogP contribution in [0.25, 0.3) is 0 Å². The van der Waals surface area contributed by atoms with Crippen LogP contribution in [-0.4, -0.2) is 25.7 Å². The largest absolute Gasteiger partial charge is 0.486 e. The molecular weight excluding hydrogens is 386 g/mol. The summed E-state index contributed by atoms with van der Waals surface area (Å²) in [4.78, 5) is 12.7. The Kier molecular flexibility index (Phi) is 4.45. The van der Waals surface area contributed by atoms with Gasteiger partial charge in [-0.2, -0.15) is 0 Å². The van der Waals surface area contributed by atoms with Gasteiger partial charge in [0.2, 0.25) is 5.91 Å². The first kappa shape index (κ1) is 18.5. The lowest BCUT2D eigenvalue weighted by molar-refractivity contribution is -0.120. The quantitative estimate of drug-likeness (QED) is 0.692. The zero-order valence-corrected chi connectivity index (χ0v) is 17.3. The topological polar surface area (TPSA) is 47.6 Å². The molecule has 0 aromatic heterocycles. The molecule has 1 amide bonds. The molecule has 3 aliphatic carbocycles. The van der Waals surface area contributed by atoms with Gasteiger partial charge in [0.1, 0.15) is 13.2 Å². The number of hydrogen-bond acceptors (Lipinski definition) is 3. The summed E-state index contributed by atoms with van der Waals surface area (Å²) in [6.07, 6.45) is 1.44. The lowest BCUT2D eigenvalue weighted by Crippen LogP contribution is -2.39. The van der Waals surface area contributed by atoms with Crippen molar-refractivity contribution in [2.45, 2.75) is 24.7 Å². The molecule has 0 fully saturated rings. The number of benzene rings is 3. The highest BCUT2D eigenvalue weighted by molar-refractivity contribution is 5.79. The summed E-state index contributed by atoms with van der Waals surface area (Å²) in [5.41, 5.74) is 6.74. The predicted molar refractivity (Wildman–Crippen MR) is 119 cm³/mol. The third kappa shape index (κ3) is 3.18. The van der Waals surface area contributed by atoms with E-state index < -0.39 is 0 Å². The summed E-state index contributed by atoms with van der Waals surface area (Å²) in [7, 11) is 0. The highest BCUT2D eigenvalue weighted by Gasteiger charge is 2.42. The van der Waals surface area contributed by atoms with Gasteiger partial charge < -0.3 is 14.8 Å². The van der Waals surface area contributed by atoms with Crippen molar-refractivity contribution >= 4 is 5.91 Å². The van der Waals surface area contributed by atoms with Crippen LogP contribution in [-0.2, 0) is 11.2 Å². The van der Waals surface area contributed by atoms with E-state index >= 15 is 0 Å². The average Bonchev–Trinajstić information content (AvgIpc) is 2.83. The van der Waals surface area contributed by atoms with Crippen molar-refractivity contribution in [1.29, 1.82) is 0 Å². The van der Waals surface area contributed by atoms with Gasteiger partial charge in [-0.25, -0.2) is 0 Å². The van der Waals surface area contributed by atoms with E-state index in [-0.39, 0.29) is 5.91 Å². The Labute approximate surface area is 182 Å². The molecule has 0 saturated carbocycles. The van der Waals surface area contributed by atoms with Crippen molar-refractivity contribution in [2.24, 2.45) is 5.92 Å². The van der Waals surface area contributed by atoms with Crippen molar-refractivity contribution in [3.8, 4) is 11.5 Å². The van der Waals surface area contributed by atoms with E-state index in [9.17, 15) is 4.79 Å². The summed E-state index contributed by atoms with van der Waals surface area (Å²) >= 11 is 0. The zero-order chi connectivity index (χ0) is 20.8. The van der Waals surface area contributed by atoms with E-state index in [0.717, 1.165) is 23.5 Å². The van der Waals surface area contributed by atoms with Crippen LogP contribution in [0.4, 0.5) is 0 Å². The summed E-state index contributed by atoms with van der Waals surface area (Å²) < 4.78 is 11.2. The molecule has 7 rings (SSSR count). The maximum Gasteiger partial charge on any atom is 0.224 e. The van der Waals surface area contributed by atoms with E-state index in [2.05, 4.69) is 53.8 Å². The van der Waals surface area contributed by atoms with Gasteiger partial charge in [0.05, 0.1) is 6.42 Å². The molecule has 31 heavy (non-hydrogen) atoms. The molecule has 1 unspecified atom stereocenters. The molecule has 4 aliphatic rings. The number of carbonyl (C=O) groups excluding carboxylic acids is 1. The van der Waals surface area contributed by atoms with Gasteiger partial charge in [-0.05, 0) is 52.3 Å². The second kappa shape index (κ2) is 7.45. The summed E-state index contributed by atoms with van der Waals surface area (Å²) in [5, 5.41) is 3.22. The zero-order valence-electron chi connectivity index (χ0n) is 17.3. The Bertz CT molecular complexity index is 1110. The van der Waals surface area contributed by atoms with Crippen molar-refractivity contribution in [3.63, 3.8) is 0 Å². The van der Waals surface area contributed by atoms with Crippen molar-refractivity contribution in [3.05, 3.63) is 94.5 Å². The van der Waals surface area contributed by atoms with Crippen LogP contribution in [0.2, 0.25) is 0 Å². The van der Waals surface area contributed by atoms with Crippen LogP contribution in [0.3, 0.4) is 0 Å². The second-order valence-corrected chi connectivity index (χ2v) is 8.74. The van der Waals surface area contributed by atoms with Crippen molar-refractivity contribution < 1.29 is 14.3 Å². The van der Waals surface area contributed by atoms with Gasteiger partial charge in [0, 0.05) is 18.4 Å². The maximum absolute atomic E-state index is 12.7. The highest BCUT2D eigenvalue weighted by Crippen LogP contribution is 2.55. The first-order valence-corrected chi connectivity index (χ1v) is 11.1. The number of fused-ring (bicyclic) bond motifs is 2. The van der Waals surface area contributed by atoms with E-state index in [0.29, 0.717) is 43.9 Å². The van der Waals surface area contributed by atoms with Crippen LogP contribution < -0.4 is 14.8 Å². The Morgan fingerprint density at radius 2 is 1.48 bits per heavy atom. The molecule has 2 bridgehead atoms. The summed E-state index contributed by atoms with van der Waals surface area (Å²) in [6, 6.07) is 23.4. The molecule has 4 heteroatoms. The smallest absolute Gasteiger partial charge is 0.224 e. The number of rotatable bonds is 4. The number of ether oxygens (including phenoxy) is 2. The monoisotopic (exact) mass is 411 g/mol. The Hall–Kier alpha value is -3.27. The molecule has 3 aromatic rings. The lowest BCUT2D eigenvalue weighted by atomic mass is 9.59. The third-order valence-electron chi connectivity index (χ3n) is 6.96. The second-order valence-electron chi connectivity index (χ2n) is 8.74. The van der Waals surface area contributed by atoms with E-state index in [1.165, 1.54) is 22.3 Å². The average molecular weight is 412 g/mol. The molecule has 1 atom stereocenters. The van der Waals surface area contributed by atoms with Gasteiger partial charge in [0.25, 0.3) is 0 Å². The fourth-order valence-corrected chi connectivity index (χ4v) is 5.65. The number of nitrogens with one attached hydrogen (secondary N) is 1. The first-order valence-electron chi connectivity index (χ1n) is 11.1. The van der Waals surface area contributed by atoms with E-state index in [1.807, 2.05) is 18.2 Å². The minimum atomic E-state index is 0.0553. The standard InChI is InChI=1S/C27H25NO3/c29-26(14-17-9-10-24-25(13-17)31-12-11-30-24)28-16-18-15-23-19-5-1-3-7-21(19)27(18)22-8-4-2-6-20(22)23/h1-10,13,18,23,27H,11-12,14-16H2,(H,28,29). The molecule has 0 spiro atoms. The SMILES string of the molecule is O=C(Cc1ccc2c(c1)OCCO2)NCC1CC2c3ccccc3C1c1ccccc12. The number of amides is 1. The molecule has 0 saturated heterocycles.